The van der Waals surface area contributed by atoms with Crippen molar-refractivity contribution in [3.05, 3.63) is 130 Å². The van der Waals surface area contributed by atoms with Crippen molar-refractivity contribution < 1.29 is 23.2 Å². The van der Waals surface area contributed by atoms with Crippen LogP contribution in [0.25, 0.3) is 18.7 Å². The molecule has 2 aromatic heterocycles. The topological polar surface area (TPSA) is 25.8 Å². The van der Waals surface area contributed by atoms with Crippen molar-refractivity contribution in [2.24, 2.45) is 11.8 Å². The summed E-state index contributed by atoms with van der Waals surface area (Å²) in [7, 11) is 0. The van der Waals surface area contributed by atoms with Gasteiger partial charge in [-0.15, -0.1) is 0 Å². The summed E-state index contributed by atoms with van der Waals surface area (Å²) in [6.07, 6.45) is 8.96. The van der Waals surface area contributed by atoms with Gasteiger partial charge in [0.2, 0.25) is 0 Å². The Kier molecular flexibility index (Phi) is 6.24. The quantitative estimate of drug-likeness (QED) is 0.353. The molecular weight excluding hydrogens is 528 g/mol. The van der Waals surface area contributed by atoms with Gasteiger partial charge in [0.25, 0.3) is 0 Å². The van der Waals surface area contributed by atoms with Crippen LogP contribution in [0.4, 0.5) is 0 Å². The Bertz CT molecular complexity index is 1580. The van der Waals surface area contributed by atoms with Gasteiger partial charge < -0.3 is 0 Å². The van der Waals surface area contributed by atoms with Gasteiger partial charge in [-0.2, -0.15) is 0 Å². The van der Waals surface area contributed by atoms with Crippen LogP contribution in [-0.2, 0) is 34.1 Å². The SMILES string of the molecule is CC(C)C1(c2ccccn2)C=c2ccccc2=[C]1[Zr][C]1=c2ccccc2=CC1(c1ccccn1)C(C)C. The Morgan fingerprint density at radius 2 is 0.946 bits per heavy atom. The number of hydrogen-bond donors (Lipinski definition) is 0. The van der Waals surface area contributed by atoms with Crippen molar-refractivity contribution in [1.82, 2.24) is 9.97 Å². The fourth-order valence-electron chi connectivity index (χ4n) is 6.37. The van der Waals surface area contributed by atoms with Gasteiger partial charge in [-0.1, -0.05) is 0 Å². The van der Waals surface area contributed by atoms with E-state index in [-0.39, 0.29) is 10.8 Å². The molecule has 2 aliphatic rings. The van der Waals surface area contributed by atoms with Crippen LogP contribution in [0.3, 0.4) is 0 Å². The Morgan fingerprint density at radius 3 is 1.32 bits per heavy atom. The molecule has 2 aliphatic carbocycles. The molecule has 0 amide bonds. The van der Waals surface area contributed by atoms with Gasteiger partial charge in [-0.3, -0.25) is 0 Å². The van der Waals surface area contributed by atoms with E-state index in [1.165, 1.54) is 32.3 Å². The fourth-order valence-corrected chi connectivity index (χ4v) is 12.2. The summed E-state index contributed by atoms with van der Waals surface area (Å²) in [6, 6.07) is 30.8. The van der Waals surface area contributed by atoms with E-state index in [2.05, 4.69) is 113 Å². The third kappa shape index (κ3) is 3.69. The molecule has 2 nitrogen and oxygen atoms in total. The van der Waals surface area contributed by atoms with E-state index in [9.17, 15) is 0 Å². The van der Waals surface area contributed by atoms with Crippen LogP contribution in [-0.4, -0.2) is 9.97 Å². The number of fused-ring (bicyclic) bond motifs is 2. The summed E-state index contributed by atoms with van der Waals surface area (Å²) in [6.45, 7) is 9.46. The molecule has 6 rings (SSSR count). The predicted molar refractivity (Wildman–Crippen MR) is 149 cm³/mol. The minimum atomic E-state index is -1.35. The van der Waals surface area contributed by atoms with E-state index < -0.39 is 23.2 Å². The summed E-state index contributed by atoms with van der Waals surface area (Å²) >= 11 is -1.35. The van der Waals surface area contributed by atoms with Crippen LogP contribution in [0, 0.1) is 11.8 Å². The van der Waals surface area contributed by atoms with E-state index in [1.807, 2.05) is 24.5 Å². The molecule has 182 valence electrons. The summed E-state index contributed by atoms with van der Waals surface area (Å²) in [5.74, 6) is 0.769. The van der Waals surface area contributed by atoms with E-state index in [1.54, 1.807) is 6.56 Å². The molecule has 4 aromatic rings. The molecule has 0 fully saturated rings. The second kappa shape index (κ2) is 9.44. The summed E-state index contributed by atoms with van der Waals surface area (Å²) < 4.78 is 3.22. The first-order valence-electron chi connectivity index (χ1n) is 13.2. The van der Waals surface area contributed by atoms with Gasteiger partial charge in [0.1, 0.15) is 0 Å². The molecule has 2 unspecified atom stereocenters. The third-order valence-electron chi connectivity index (χ3n) is 8.30. The zero-order valence-corrected chi connectivity index (χ0v) is 24.4. The van der Waals surface area contributed by atoms with Crippen molar-refractivity contribution in [2.45, 2.75) is 38.5 Å². The van der Waals surface area contributed by atoms with E-state index in [0.29, 0.717) is 11.8 Å². The maximum atomic E-state index is 4.98. The van der Waals surface area contributed by atoms with Crippen molar-refractivity contribution >= 4 is 18.7 Å². The Labute approximate surface area is 230 Å². The molecule has 0 aliphatic heterocycles. The number of hydrogen-bond acceptors (Lipinski definition) is 2. The Morgan fingerprint density at radius 1 is 0.541 bits per heavy atom. The van der Waals surface area contributed by atoms with Gasteiger partial charge in [-0.05, 0) is 0 Å². The molecule has 2 atom stereocenters. The Balaban J connectivity index is 1.68. The number of benzene rings is 2. The number of rotatable bonds is 6. The molecule has 2 aromatic carbocycles. The first kappa shape index (κ1) is 24.4. The number of nitrogens with zero attached hydrogens (tertiary/aromatic N) is 2. The average molecular weight is 560 g/mol. The van der Waals surface area contributed by atoms with Crippen LogP contribution in [0.15, 0.2) is 97.3 Å². The van der Waals surface area contributed by atoms with E-state index in [4.69, 9.17) is 9.97 Å². The van der Waals surface area contributed by atoms with Gasteiger partial charge in [0.05, 0.1) is 0 Å². The van der Waals surface area contributed by atoms with E-state index in [0.717, 1.165) is 0 Å². The zero-order valence-electron chi connectivity index (χ0n) is 21.9. The molecule has 0 N–H and O–H groups in total. The first-order chi connectivity index (χ1) is 18.0. The number of pyridine rings is 2. The van der Waals surface area contributed by atoms with Crippen molar-refractivity contribution in [3.8, 4) is 0 Å². The van der Waals surface area contributed by atoms with Gasteiger partial charge in [-0.25, -0.2) is 0 Å². The number of aromatic nitrogens is 2. The molecule has 3 heteroatoms. The van der Waals surface area contributed by atoms with Crippen LogP contribution >= 0.6 is 0 Å². The maximum absolute atomic E-state index is 4.98. The van der Waals surface area contributed by atoms with Crippen LogP contribution in [0.5, 0.6) is 0 Å². The molecule has 2 heterocycles. The summed E-state index contributed by atoms with van der Waals surface area (Å²) in [5, 5.41) is 5.54. The predicted octanol–water partition coefficient (Wildman–Crippen LogP) is 4.25. The van der Waals surface area contributed by atoms with Gasteiger partial charge in [0.15, 0.2) is 0 Å². The van der Waals surface area contributed by atoms with E-state index >= 15 is 0 Å². The standard InChI is InChI=1S/2C17H16N.Zr/c2*1-13(2)17(16-9-5-6-10-18-16)11-14-7-3-4-8-15(14)12-17;/h2*3-11,13H,1-2H3;. The van der Waals surface area contributed by atoms with Crippen LogP contribution in [0.1, 0.15) is 39.1 Å². The third-order valence-corrected chi connectivity index (χ3v) is 12.9. The minimum absolute atomic E-state index is 0.200. The molecule has 0 radical (unpaired) electrons. The average Bonchev–Trinajstić information content (AvgIpc) is 3.45. The second-order valence-electron chi connectivity index (χ2n) is 10.8. The van der Waals surface area contributed by atoms with Crippen molar-refractivity contribution in [3.63, 3.8) is 0 Å². The van der Waals surface area contributed by atoms with Crippen molar-refractivity contribution in [2.75, 3.05) is 0 Å². The van der Waals surface area contributed by atoms with Crippen LogP contribution < -0.4 is 20.9 Å². The molecule has 0 saturated carbocycles. The zero-order chi connectivity index (χ0) is 25.6. The first-order valence-corrected chi connectivity index (χ1v) is 15.7. The molecule has 0 bridgehead atoms. The molecule has 0 saturated heterocycles. The fraction of sp³-hybridized carbons (Fsp3) is 0.235. The van der Waals surface area contributed by atoms with Gasteiger partial charge in [0, 0.05) is 0 Å². The summed E-state index contributed by atoms with van der Waals surface area (Å²) in [4.78, 5) is 9.96. The molecule has 37 heavy (non-hydrogen) atoms. The Hall–Kier alpha value is -2.90. The molecule has 0 spiro atoms. The normalized spacial score (nSPS) is 22.0. The van der Waals surface area contributed by atoms with Crippen molar-refractivity contribution in [1.29, 1.82) is 0 Å². The second-order valence-corrected chi connectivity index (χ2v) is 13.9. The summed E-state index contributed by atoms with van der Waals surface area (Å²) in [5.41, 5.74) is 1.94. The molecular formula is C34H32N2Zr. The monoisotopic (exact) mass is 558 g/mol. The van der Waals surface area contributed by atoms with Gasteiger partial charge >= 0.3 is 232 Å². The van der Waals surface area contributed by atoms with Crippen LogP contribution in [0.2, 0.25) is 0 Å².